The van der Waals surface area contributed by atoms with Gasteiger partial charge in [-0.15, -0.1) is 0 Å². The third-order valence-corrected chi connectivity index (χ3v) is 4.00. The number of benzene rings is 1. The first kappa shape index (κ1) is 12.0. The molecule has 3 rings (SSSR count). The molecule has 0 aromatic heterocycles. The fourth-order valence-electron chi connectivity index (χ4n) is 2.95. The van der Waals surface area contributed by atoms with Crippen molar-refractivity contribution >= 4 is 12.0 Å². The molecule has 1 aromatic carbocycles. The van der Waals surface area contributed by atoms with E-state index in [2.05, 4.69) is 5.32 Å². The number of piperidine rings is 1. The van der Waals surface area contributed by atoms with Crippen LogP contribution in [0.4, 0.5) is 4.79 Å². The first-order valence-corrected chi connectivity index (χ1v) is 6.46. The topological polar surface area (TPSA) is 58.6 Å². The fraction of sp³-hybridized carbons (Fsp3) is 0.429. The molecule has 5 heteroatoms. The molecule has 2 heterocycles. The lowest BCUT2D eigenvalue weighted by Gasteiger charge is -2.38. The highest BCUT2D eigenvalue weighted by Crippen LogP contribution is 2.43. The third kappa shape index (κ3) is 1.77. The maximum Gasteiger partial charge on any atom is 0.339 e. The molecule has 5 nitrogen and oxygen atoms in total. The number of nitrogens with zero attached hydrogens (tertiary/aromatic N) is 1. The Morgan fingerprint density at radius 3 is 2.68 bits per heavy atom. The standard InChI is InChI=1S/C14H16N2O3/c1-15-13(18)16-8-6-14(7-9-16)11-5-3-2-4-10(11)12(17)19-14/h2-5H,6-9H2,1H3,(H,15,18). The van der Waals surface area contributed by atoms with Gasteiger partial charge in [0.15, 0.2) is 0 Å². The van der Waals surface area contributed by atoms with Crippen molar-refractivity contribution in [2.75, 3.05) is 20.1 Å². The maximum atomic E-state index is 11.9. The normalized spacial score (nSPS) is 20.1. The van der Waals surface area contributed by atoms with Crippen LogP contribution in [-0.4, -0.2) is 37.0 Å². The molecule has 0 radical (unpaired) electrons. The minimum Gasteiger partial charge on any atom is -0.450 e. The van der Waals surface area contributed by atoms with Gasteiger partial charge in [-0.05, 0) is 6.07 Å². The molecule has 1 saturated heterocycles. The van der Waals surface area contributed by atoms with Crippen LogP contribution in [-0.2, 0) is 10.3 Å². The Kier molecular flexibility index (Phi) is 2.69. The smallest absolute Gasteiger partial charge is 0.339 e. The van der Waals surface area contributed by atoms with Gasteiger partial charge in [0.1, 0.15) is 5.60 Å². The Balaban J connectivity index is 1.85. The van der Waals surface area contributed by atoms with Gasteiger partial charge in [0, 0.05) is 38.5 Å². The van der Waals surface area contributed by atoms with E-state index in [0.717, 1.165) is 5.56 Å². The predicted molar refractivity (Wildman–Crippen MR) is 68.8 cm³/mol. The molecular weight excluding hydrogens is 244 g/mol. The summed E-state index contributed by atoms with van der Waals surface area (Å²) in [4.78, 5) is 25.2. The van der Waals surface area contributed by atoms with Gasteiger partial charge >= 0.3 is 12.0 Å². The Morgan fingerprint density at radius 1 is 1.32 bits per heavy atom. The Hall–Kier alpha value is -2.04. The number of rotatable bonds is 0. The molecule has 0 aliphatic carbocycles. The molecule has 2 aliphatic heterocycles. The molecule has 19 heavy (non-hydrogen) atoms. The third-order valence-electron chi connectivity index (χ3n) is 4.00. The van der Waals surface area contributed by atoms with Gasteiger partial charge in [0.05, 0.1) is 5.56 Å². The van der Waals surface area contributed by atoms with E-state index in [1.165, 1.54) is 0 Å². The Morgan fingerprint density at radius 2 is 2.00 bits per heavy atom. The van der Waals surface area contributed by atoms with Crippen molar-refractivity contribution in [3.05, 3.63) is 35.4 Å². The summed E-state index contributed by atoms with van der Waals surface area (Å²) < 4.78 is 5.62. The molecule has 0 unspecified atom stereocenters. The number of carbonyl (C=O) groups is 2. The maximum absolute atomic E-state index is 11.9. The first-order valence-electron chi connectivity index (χ1n) is 6.46. The molecule has 1 aromatic rings. The first-order chi connectivity index (χ1) is 9.16. The van der Waals surface area contributed by atoms with Crippen molar-refractivity contribution in [2.24, 2.45) is 0 Å². The average Bonchev–Trinajstić information content (AvgIpc) is 2.72. The predicted octanol–water partition coefficient (Wildman–Crippen LogP) is 1.49. The number of amides is 2. The molecule has 1 fully saturated rings. The van der Waals surface area contributed by atoms with Crippen LogP contribution in [0.1, 0.15) is 28.8 Å². The van der Waals surface area contributed by atoms with E-state index < -0.39 is 5.60 Å². The summed E-state index contributed by atoms with van der Waals surface area (Å²) in [5.41, 5.74) is 1.10. The quantitative estimate of drug-likeness (QED) is 0.719. The molecule has 1 spiro atoms. The van der Waals surface area contributed by atoms with E-state index in [1.807, 2.05) is 18.2 Å². The fourth-order valence-corrected chi connectivity index (χ4v) is 2.95. The van der Waals surface area contributed by atoms with Gasteiger partial charge in [-0.1, -0.05) is 18.2 Å². The zero-order valence-corrected chi connectivity index (χ0v) is 10.8. The van der Waals surface area contributed by atoms with Crippen molar-refractivity contribution in [2.45, 2.75) is 18.4 Å². The molecule has 100 valence electrons. The average molecular weight is 260 g/mol. The Labute approximate surface area is 111 Å². The molecule has 2 aliphatic rings. The second kappa shape index (κ2) is 4.26. The largest absolute Gasteiger partial charge is 0.450 e. The summed E-state index contributed by atoms with van der Waals surface area (Å²) >= 11 is 0. The van der Waals surface area contributed by atoms with E-state index in [4.69, 9.17) is 4.74 Å². The van der Waals surface area contributed by atoms with Gasteiger partial charge in [0.25, 0.3) is 0 Å². The Bertz CT molecular complexity index is 533. The van der Waals surface area contributed by atoms with Crippen molar-refractivity contribution in [3.63, 3.8) is 0 Å². The number of urea groups is 1. The summed E-state index contributed by atoms with van der Waals surface area (Å²) in [6.07, 6.45) is 1.31. The number of hydrogen-bond acceptors (Lipinski definition) is 3. The monoisotopic (exact) mass is 260 g/mol. The van der Waals surface area contributed by atoms with Crippen molar-refractivity contribution in [1.82, 2.24) is 10.2 Å². The van der Waals surface area contributed by atoms with Crippen LogP contribution in [0.5, 0.6) is 0 Å². The lowest BCUT2D eigenvalue weighted by molar-refractivity contribution is -0.0368. The van der Waals surface area contributed by atoms with Crippen molar-refractivity contribution < 1.29 is 14.3 Å². The van der Waals surface area contributed by atoms with E-state index in [1.54, 1.807) is 18.0 Å². The van der Waals surface area contributed by atoms with Crippen LogP contribution < -0.4 is 5.32 Å². The zero-order valence-electron chi connectivity index (χ0n) is 10.8. The molecular formula is C14H16N2O3. The van der Waals surface area contributed by atoms with Crippen LogP contribution in [0.2, 0.25) is 0 Å². The number of nitrogens with one attached hydrogen (secondary N) is 1. The lowest BCUT2D eigenvalue weighted by Crippen LogP contribution is -2.48. The van der Waals surface area contributed by atoms with E-state index >= 15 is 0 Å². The van der Waals surface area contributed by atoms with Crippen LogP contribution in [0, 0.1) is 0 Å². The van der Waals surface area contributed by atoms with Gasteiger partial charge in [0.2, 0.25) is 0 Å². The number of ether oxygens (including phenoxy) is 1. The molecule has 0 saturated carbocycles. The highest BCUT2D eigenvalue weighted by molar-refractivity contribution is 5.94. The second-order valence-corrected chi connectivity index (χ2v) is 4.97. The van der Waals surface area contributed by atoms with Gasteiger partial charge in [-0.3, -0.25) is 0 Å². The lowest BCUT2D eigenvalue weighted by atomic mass is 9.84. The minimum atomic E-state index is -0.530. The SMILES string of the molecule is CNC(=O)N1CCC2(CC1)OC(=O)c1ccccc12. The molecule has 1 N–H and O–H groups in total. The van der Waals surface area contributed by atoms with Crippen LogP contribution in [0.3, 0.4) is 0 Å². The molecule has 0 bridgehead atoms. The van der Waals surface area contributed by atoms with Crippen LogP contribution in [0.15, 0.2) is 24.3 Å². The van der Waals surface area contributed by atoms with Crippen molar-refractivity contribution in [3.8, 4) is 0 Å². The highest BCUT2D eigenvalue weighted by atomic mass is 16.6. The van der Waals surface area contributed by atoms with Gasteiger partial charge in [-0.2, -0.15) is 0 Å². The number of carbonyl (C=O) groups excluding carboxylic acids is 2. The highest BCUT2D eigenvalue weighted by Gasteiger charge is 2.47. The van der Waals surface area contributed by atoms with E-state index in [-0.39, 0.29) is 12.0 Å². The number of esters is 1. The minimum absolute atomic E-state index is 0.0764. The summed E-state index contributed by atoms with van der Waals surface area (Å²) in [6.45, 7) is 1.20. The zero-order chi connectivity index (χ0) is 13.5. The van der Waals surface area contributed by atoms with Gasteiger partial charge in [-0.25, -0.2) is 9.59 Å². The number of fused-ring (bicyclic) bond motifs is 2. The summed E-state index contributed by atoms with van der Waals surface area (Å²) in [5, 5.41) is 2.62. The number of hydrogen-bond donors (Lipinski definition) is 1. The van der Waals surface area contributed by atoms with Crippen LogP contribution in [0.25, 0.3) is 0 Å². The van der Waals surface area contributed by atoms with Crippen molar-refractivity contribution in [1.29, 1.82) is 0 Å². The van der Waals surface area contributed by atoms with Gasteiger partial charge < -0.3 is 15.0 Å². The summed E-state index contributed by atoms with van der Waals surface area (Å²) in [6, 6.07) is 7.45. The second-order valence-electron chi connectivity index (χ2n) is 4.97. The molecule has 0 atom stereocenters. The summed E-state index contributed by atoms with van der Waals surface area (Å²) in [7, 11) is 1.62. The molecule has 2 amide bonds. The van der Waals surface area contributed by atoms with E-state index in [9.17, 15) is 9.59 Å². The summed E-state index contributed by atoms with van der Waals surface area (Å²) in [5.74, 6) is -0.246. The van der Waals surface area contributed by atoms with Crippen LogP contribution >= 0.6 is 0 Å². The van der Waals surface area contributed by atoms with E-state index in [0.29, 0.717) is 31.5 Å². The number of likely N-dealkylation sites (tertiary alicyclic amines) is 1.